The van der Waals surface area contributed by atoms with E-state index in [1.54, 1.807) is 0 Å². The van der Waals surface area contributed by atoms with Crippen molar-refractivity contribution in [1.82, 2.24) is 4.98 Å². The lowest BCUT2D eigenvalue weighted by Crippen LogP contribution is -2.49. The molecule has 0 saturated carbocycles. The van der Waals surface area contributed by atoms with Gasteiger partial charge in [-0.25, -0.2) is 9.78 Å². The van der Waals surface area contributed by atoms with Gasteiger partial charge in [0.1, 0.15) is 5.75 Å². The van der Waals surface area contributed by atoms with Gasteiger partial charge in [0.2, 0.25) is 5.60 Å². The van der Waals surface area contributed by atoms with E-state index in [0.29, 0.717) is 16.6 Å². The zero-order valence-electron chi connectivity index (χ0n) is 12.4. The van der Waals surface area contributed by atoms with E-state index in [9.17, 15) is 27.9 Å². The zero-order chi connectivity index (χ0) is 18.2. The minimum Gasteiger partial charge on any atom is -0.479 e. The predicted octanol–water partition coefficient (Wildman–Crippen LogP) is 2.77. The number of nitrogens with zero attached hydrogens (tertiary/aromatic N) is 1. The summed E-state index contributed by atoms with van der Waals surface area (Å²) in [5.74, 6) is -2.68. The van der Waals surface area contributed by atoms with Crippen molar-refractivity contribution in [2.75, 3.05) is 11.9 Å². The number of carboxylic acids is 1. The van der Waals surface area contributed by atoms with Crippen LogP contribution in [0, 0.1) is 0 Å². The molecule has 1 saturated heterocycles. The monoisotopic (exact) mass is 376 g/mol. The average molecular weight is 376 g/mol. The van der Waals surface area contributed by atoms with Gasteiger partial charge >= 0.3 is 12.3 Å². The molecule has 1 unspecified atom stereocenters. The lowest BCUT2D eigenvalue weighted by atomic mass is 9.99. The zero-order valence-corrected chi connectivity index (χ0v) is 13.2. The van der Waals surface area contributed by atoms with Crippen molar-refractivity contribution in [3.8, 4) is 5.75 Å². The molecule has 1 aliphatic heterocycles. The summed E-state index contributed by atoms with van der Waals surface area (Å²) in [5.41, 5.74) is -1.63. The van der Waals surface area contributed by atoms with Gasteiger partial charge in [-0.1, -0.05) is 11.3 Å². The number of halogens is 3. The molecule has 1 aromatic heterocycles. The highest BCUT2D eigenvalue weighted by molar-refractivity contribution is 7.22. The molecule has 1 aromatic carbocycles. The van der Waals surface area contributed by atoms with Gasteiger partial charge in [0.05, 0.1) is 10.2 Å². The van der Waals surface area contributed by atoms with Crippen LogP contribution < -0.4 is 10.1 Å². The van der Waals surface area contributed by atoms with Crippen molar-refractivity contribution in [2.45, 2.75) is 24.8 Å². The molecule has 7 nitrogen and oxygen atoms in total. The highest BCUT2D eigenvalue weighted by Crippen LogP contribution is 2.33. The molecule has 3 rings (SSSR count). The molecule has 11 heteroatoms. The minimum atomic E-state index is -4.82. The van der Waals surface area contributed by atoms with Crippen LogP contribution in [-0.2, 0) is 14.3 Å². The molecular formula is C14H11F3N2O5S. The number of aliphatic carboxylic acids is 1. The van der Waals surface area contributed by atoms with E-state index >= 15 is 0 Å². The van der Waals surface area contributed by atoms with Crippen LogP contribution in [0.3, 0.4) is 0 Å². The maximum atomic E-state index is 12.3. The van der Waals surface area contributed by atoms with Crippen LogP contribution >= 0.6 is 11.3 Å². The fraction of sp³-hybridized carbons (Fsp3) is 0.357. The third-order valence-corrected chi connectivity index (χ3v) is 4.48. The van der Waals surface area contributed by atoms with Crippen LogP contribution in [0.5, 0.6) is 5.75 Å². The van der Waals surface area contributed by atoms with Crippen molar-refractivity contribution in [1.29, 1.82) is 0 Å². The van der Waals surface area contributed by atoms with E-state index in [-0.39, 0.29) is 18.2 Å². The number of anilines is 1. The smallest absolute Gasteiger partial charge is 0.479 e. The number of alkyl halides is 3. The lowest BCUT2D eigenvalue weighted by molar-refractivity contribution is -0.274. The number of carboxylic acid groups (broad SMARTS) is 1. The number of carbonyl (C=O) groups excluding carboxylic acids is 1. The first kappa shape index (κ1) is 17.4. The predicted molar refractivity (Wildman–Crippen MR) is 80.5 cm³/mol. The van der Waals surface area contributed by atoms with Gasteiger partial charge in [-0.3, -0.25) is 10.1 Å². The van der Waals surface area contributed by atoms with E-state index < -0.39 is 29.6 Å². The van der Waals surface area contributed by atoms with E-state index in [2.05, 4.69) is 15.0 Å². The van der Waals surface area contributed by atoms with Crippen molar-refractivity contribution >= 4 is 38.6 Å². The van der Waals surface area contributed by atoms with Crippen molar-refractivity contribution in [3.63, 3.8) is 0 Å². The minimum absolute atomic E-state index is 0.0304. The van der Waals surface area contributed by atoms with Gasteiger partial charge < -0.3 is 14.6 Å². The van der Waals surface area contributed by atoms with E-state index in [1.807, 2.05) is 0 Å². The summed E-state index contributed by atoms with van der Waals surface area (Å²) < 4.78 is 46.0. The Hall–Kier alpha value is -2.40. The summed E-state index contributed by atoms with van der Waals surface area (Å²) in [4.78, 5) is 27.7. The summed E-state index contributed by atoms with van der Waals surface area (Å²) in [6, 6.07) is 3.54. The first-order valence-corrected chi connectivity index (χ1v) is 7.86. The molecule has 0 aliphatic carbocycles. The highest BCUT2D eigenvalue weighted by Gasteiger charge is 2.50. The van der Waals surface area contributed by atoms with Gasteiger partial charge in [-0.15, -0.1) is 13.2 Å². The van der Waals surface area contributed by atoms with Gasteiger partial charge in [-0.05, 0) is 25.0 Å². The molecule has 1 aliphatic rings. The van der Waals surface area contributed by atoms with Crippen LogP contribution in [0.1, 0.15) is 12.8 Å². The van der Waals surface area contributed by atoms with Crippen LogP contribution in [0.25, 0.3) is 10.2 Å². The quantitative estimate of drug-likeness (QED) is 0.797. The van der Waals surface area contributed by atoms with Crippen LogP contribution in [0.4, 0.5) is 18.3 Å². The molecular weight excluding hydrogens is 365 g/mol. The molecule has 1 fully saturated rings. The third kappa shape index (κ3) is 3.51. The van der Waals surface area contributed by atoms with Gasteiger partial charge in [0.15, 0.2) is 5.13 Å². The summed E-state index contributed by atoms with van der Waals surface area (Å²) in [6.45, 7) is 0.151. The Kier molecular flexibility index (Phi) is 4.29. The van der Waals surface area contributed by atoms with E-state index in [4.69, 9.17) is 4.74 Å². The number of amides is 1. The van der Waals surface area contributed by atoms with Crippen molar-refractivity contribution in [3.05, 3.63) is 18.2 Å². The fourth-order valence-electron chi connectivity index (χ4n) is 2.44. The number of fused-ring (bicyclic) bond motifs is 1. The van der Waals surface area contributed by atoms with Crippen molar-refractivity contribution in [2.24, 2.45) is 0 Å². The molecule has 2 heterocycles. The topological polar surface area (TPSA) is 97.8 Å². The molecule has 1 atom stereocenters. The number of thiazole rings is 1. The first-order chi connectivity index (χ1) is 11.7. The molecule has 2 N–H and O–H groups in total. The van der Waals surface area contributed by atoms with Crippen molar-refractivity contribution < 1.29 is 37.3 Å². The largest absolute Gasteiger partial charge is 0.573 e. The number of hydrogen-bond donors (Lipinski definition) is 2. The van der Waals surface area contributed by atoms with Crippen LogP contribution in [0.15, 0.2) is 18.2 Å². The Bertz CT molecular complexity index is 829. The Labute approximate surface area is 142 Å². The maximum Gasteiger partial charge on any atom is 0.573 e. The third-order valence-electron chi connectivity index (χ3n) is 3.55. The summed E-state index contributed by atoms with van der Waals surface area (Å²) >= 11 is 0.896. The second kappa shape index (κ2) is 6.15. The summed E-state index contributed by atoms with van der Waals surface area (Å²) in [5, 5.41) is 11.7. The first-order valence-electron chi connectivity index (χ1n) is 7.05. The number of nitrogens with one attached hydrogen (secondary N) is 1. The fourth-order valence-corrected chi connectivity index (χ4v) is 3.33. The molecule has 0 bridgehead atoms. The van der Waals surface area contributed by atoms with E-state index in [1.165, 1.54) is 6.07 Å². The number of benzene rings is 1. The van der Waals surface area contributed by atoms with Gasteiger partial charge in [0, 0.05) is 12.7 Å². The van der Waals surface area contributed by atoms with Crippen LogP contribution in [0.2, 0.25) is 0 Å². The van der Waals surface area contributed by atoms with Gasteiger partial charge in [-0.2, -0.15) is 0 Å². The standard InChI is InChI=1S/C14H11F3N2O5S/c15-14(16,17)24-7-2-3-8-9(6-7)25-12(18-8)19-10(20)13(11(21)22)4-1-5-23-13/h2-3,6H,1,4-5H2,(H,21,22)(H,18,19,20). The normalized spacial score (nSPS) is 20.6. The average Bonchev–Trinajstić information content (AvgIpc) is 3.11. The Morgan fingerprint density at radius 2 is 2.16 bits per heavy atom. The number of hydrogen-bond acceptors (Lipinski definition) is 6. The maximum absolute atomic E-state index is 12.3. The second-order valence-electron chi connectivity index (χ2n) is 5.23. The molecule has 0 radical (unpaired) electrons. The number of rotatable bonds is 4. The van der Waals surface area contributed by atoms with Gasteiger partial charge in [0.25, 0.3) is 5.91 Å². The molecule has 0 spiro atoms. The molecule has 25 heavy (non-hydrogen) atoms. The number of ether oxygens (including phenoxy) is 2. The summed E-state index contributed by atoms with van der Waals surface area (Å²) in [6.07, 6.45) is -4.36. The lowest BCUT2D eigenvalue weighted by Gasteiger charge is -2.21. The Morgan fingerprint density at radius 3 is 2.76 bits per heavy atom. The number of carbonyl (C=O) groups is 2. The molecule has 1 amide bonds. The number of aromatic nitrogens is 1. The second-order valence-corrected chi connectivity index (χ2v) is 6.27. The molecule has 2 aromatic rings. The van der Waals surface area contributed by atoms with Crippen LogP contribution in [-0.4, -0.2) is 40.5 Å². The molecule has 134 valence electrons. The Balaban J connectivity index is 1.82. The van der Waals surface area contributed by atoms with E-state index in [0.717, 1.165) is 23.5 Å². The summed E-state index contributed by atoms with van der Waals surface area (Å²) in [7, 11) is 0. The Morgan fingerprint density at radius 1 is 1.40 bits per heavy atom. The SMILES string of the molecule is O=C(O)C1(C(=O)Nc2nc3ccc(OC(F)(F)F)cc3s2)CCCO1. The highest BCUT2D eigenvalue weighted by atomic mass is 32.1.